The third-order valence-electron chi connectivity index (χ3n) is 1.59. The van der Waals surface area contributed by atoms with Gasteiger partial charge in [-0.2, -0.15) is 13.2 Å². The summed E-state index contributed by atoms with van der Waals surface area (Å²) in [5.41, 5.74) is -2.57. The minimum atomic E-state index is -5.03. The van der Waals surface area contributed by atoms with Gasteiger partial charge in [0.05, 0.1) is 0 Å². The smallest absolute Gasteiger partial charge is 0.458 e. The molecule has 0 aromatic heterocycles. The van der Waals surface area contributed by atoms with Gasteiger partial charge in [-0.1, -0.05) is 0 Å². The summed E-state index contributed by atoms with van der Waals surface area (Å²) in [5.74, 6) is -3.10. The molecular formula is C10H16F3NO3. The highest BCUT2D eigenvalue weighted by Crippen LogP contribution is 2.18. The summed E-state index contributed by atoms with van der Waals surface area (Å²) in [4.78, 5) is 22.2. The minimum absolute atomic E-state index is 0.836. The van der Waals surface area contributed by atoms with E-state index in [0.717, 1.165) is 13.8 Å². The molecule has 0 saturated carbocycles. The zero-order valence-corrected chi connectivity index (χ0v) is 10.4. The van der Waals surface area contributed by atoms with E-state index in [0.29, 0.717) is 0 Å². The van der Waals surface area contributed by atoms with Crippen LogP contribution in [0.3, 0.4) is 0 Å². The number of carbonyl (C=O) groups excluding carboxylic acids is 2. The van der Waals surface area contributed by atoms with Crippen LogP contribution in [-0.2, 0) is 14.3 Å². The van der Waals surface area contributed by atoms with Gasteiger partial charge < -0.3 is 10.1 Å². The SMILES string of the molecule is CC(C)(C)OC(=O)C(C)(C)NC(=O)C(F)(F)F. The van der Waals surface area contributed by atoms with Crippen molar-refractivity contribution in [1.82, 2.24) is 5.32 Å². The van der Waals surface area contributed by atoms with Gasteiger partial charge in [0.15, 0.2) is 0 Å². The fraction of sp³-hybridized carbons (Fsp3) is 0.800. The summed E-state index contributed by atoms with van der Waals surface area (Å²) in [5, 5.41) is 1.58. The number of alkyl halides is 3. The van der Waals surface area contributed by atoms with Crippen molar-refractivity contribution in [1.29, 1.82) is 0 Å². The van der Waals surface area contributed by atoms with Crippen molar-refractivity contribution in [3.05, 3.63) is 0 Å². The fourth-order valence-electron chi connectivity index (χ4n) is 0.811. The number of halogens is 3. The van der Waals surface area contributed by atoms with Crippen molar-refractivity contribution in [3.63, 3.8) is 0 Å². The Hall–Kier alpha value is -1.27. The van der Waals surface area contributed by atoms with Gasteiger partial charge >= 0.3 is 18.1 Å². The molecule has 0 aliphatic rings. The summed E-state index contributed by atoms with van der Waals surface area (Å²) in [7, 11) is 0. The Morgan fingerprint density at radius 1 is 1.00 bits per heavy atom. The molecule has 0 saturated heterocycles. The molecule has 0 unspecified atom stereocenters. The van der Waals surface area contributed by atoms with E-state index in [-0.39, 0.29) is 0 Å². The van der Waals surface area contributed by atoms with Crippen LogP contribution in [-0.4, -0.2) is 29.2 Å². The van der Waals surface area contributed by atoms with Crippen molar-refractivity contribution in [3.8, 4) is 0 Å². The van der Waals surface area contributed by atoms with Gasteiger partial charge in [0.25, 0.3) is 0 Å². The predicted molar refractivity (Wildman–Crippen MR) is 54.1 cm³/mol. The van der Waals surface area contributed by atoms with Crippen LogP contribution in [0.25, 0.3) is 0 Å². The third-order valence-corrected chi connectivity index (χ3v) is 1.59. The van der Waals surface area contributed by atoms with Gasteiger partial charge in [0.1, 0.15) is 11.1 Å². The van der Waals surface area contributed by atoms with Crippen LogP contribution in [0.1, 0.15) is 34.6 Å². The van der Waals surface area contributed by atoms with E-state index in [1.54, 1.807) is 26.1 Å². The minimum Gasteiger partial charge on any atom is -0.458 e. The van der Waals surface area contributed by atoms with E-state index >= 15 is 0 Å². The number of amides is 1. The highest BCUT2D eigenvalue weighted by molar-refractivity contribution is 5.89. The second kappa shape index (κ2) is 4.54. The standard InChI is InChI=1S/C10H16F3NO3/c1-8(2,3)17-7(16)9(4,5)14-6(15)10(11,12)13/h1-5H3,(H,14,15). The lowest BCUT2D eigenvalue weighted by Crippen LogP contribution is -2.55. The number of hydrogen-bond acceptors (Lipinski definition) is 3. The summed E-state index contributed by atoms with van der Waals surface area (Å²) in [6.45, 7) is 7.01. The number of ether oxygens (including phenoxy) is 1. The van der Waals surface area contributed by atoms with Gasteiger partial charge in [0, 0.05) is 0 Å². The Balaban J connectivity index is 4.70. The maximum Gasteiger partial charge on any atom is 0.471 e. The molecule has 0 fully saturated rings. The molecule has 1 amide bonds. The second-order valence-electron chi connectivity index (χ2n) is 5.08. The van der Waals surface area contributed by atoms with Crippen LogP contribution in [0.4, 0.5) is 13.2 Å². The third kappa shape index (κ3) is 5.55. The first-order chi connectivity index (χ1) is 7.26. The van der Waals surface area contributed by atoms with Gasteiger partial charge in [-0.3, -0.25) is 4.79 Å². The molecule has 1 N–H and O–H groups in total. The molecule has 0 bridgehead atoms. The molecule has 0 atom stereocenters. The molecule has 7 heteroatoms. The van der Waals surface area contributed by atoms with Crippen LogP contribution in [0.2, 0.25) is 0 Å². The summed E-state index contributed by atoms with van der Waals surface area (Å²) in [6, 6.07) is 0. The van der Waals surface area contributed by atoms with Crippen LogP contribution < -0.4 is 5.32 Å². The van der Waals surface area contributed by atoms with Crippen molar-refractivity contribution >= 4 is 11.9 Å². The van der Waals surface area contributed by atoms with Crippen LogP contribution in [0.5, 0.6) is 0 Å². The lowest BCUT2D eigenvalue weighted by Gasteiger charge is -2.29. The first-order valence-electron chi connectivity index (χ1n) is 4.88. The molecule has 0 rings (SSSR count). The summed E-state index contributed by atoms with van der Waals surface area (Å²) in [6.07, 6.45) is -5.03. The number of nitrogens with one attached hydrogen (secondary N) is 1. The number of hydrogen-bond donors (Lipinski definition) is 1. The maximum atomic E-state index is 12.0. The Kier molecular flexibility index (Phi) is 4.20. The average molecular weight is 255 g/mol. The molecule has 0 spiro atoms. The number of carbonyl (C=O) groups is 2. The average Bonchev–Trinajstić information content (AvgIpc) is 1.97. The van der Waals surface area contributed by atoms with Crippen molar-refractivity contribution in [2.45, 2.75) is 51.9 Å². The Morgan fingerprint density at radius 2 is 1.41 bits per heavy atom. The van der Waals surface area contributed by atoms with Gasteiger partial charge in [-0.05, 0) is 34.6 Å². The lowest BCUT2D eigenvalue weighted by molar-refractivity contribution is -0.179. The van der Waals surface area contributed by atoms with Crippen molar-refractivity contribution < 1.29 is 27.5 Å². The molecule has 0 aliphatic heterocycles. The largest absolute Gasteiger partial charge is 0.471 e. The monoisotopic (exact) mass is 255 g/mol. The summed E-state index contributed by atoms with van der Waals surface area (Å²) < 4.78 is 40.9. The van der Waals surface area contributed by atoms with E-state index in [9.17, 15) is 22.8 Å². The molecule has 17 heavy (non-hydrogen) atoms. The Morgan fingerprint density at radius 3 is 1.71 bits per heavy atom. The normalized spacial score (nSPS) is 13.2. The first kappa shape index (κ1) is 15.7. The lowest BCUT2D eigenvalue weighted by atomic mass is 10.1. The van der Waals surface area contributed by atoms with Crippen LogP contribution in [0.15, 0.2) is 0 Å². The van der Waals surface area contributed by atoms with E-state index in [1.807, 2.05) is 0 Å². The molecule has 0 aromatic rings. The molecule has 0 aromatic carbocycles. The summed E-state index contributed by atoms with van der Waals surface area (Å²) >= 11 is 0. The maximum absolute atomic E-state index is 12.0. The highest BCUT2D eigenvalue weighted by atomic mass is 19.4. The molecule has 4 nitrogen and oxygen atoms in total. The van der Waals surface area contributed by atoms with E-state index in [1.165, 1.54) is 0 Å². The Labute approximate surface area is 97.5 Å². The van der Waals surface area contributed by atoms with Crippen molar-refractivity contribution in [2.75, 3.05) is 0 Å². The zero-order valence-electron chi connectivity index (χ0n) is 10.4. The zero-order chi connectivity index (χ0) is 14.1. The van der Waals surface area contributed by atoms with E-state index in [4.69, 9.17) is 4.74 Å². The first-order valence-corrected chi connectivity index (χ1v) is 4.88. The highest BCUT2D eigenvalue weighted by Gasteiger charge is 2.44. The molecule has 0 aliphatic carbocycles. The van der Waals surface area contributed by atoms with Crippen LogP contribution in [0, 0.1) is 0 Å². The second-order valence-corrected chi connectivity index (χ2v) is 5.08. The predicted octanol–water partition coefficient (Wildman–Crippen LogP) is 1.79. The van der Waals surface area contributed by atoms with Gasteiger partial charge in [-0.15, -0.1) is 0 Å². The molecule has 100 valence electrons. The fourth-order valence-corrected chi connectivity index (χ4v) is 0.811. The van der Waals surface area contributed by atoms with Gasteiger partial charge in [-0.25, -0.2) is 4.79 Å². The molecule has 0 radical (unpaired) electrons. The molecular weight excluding hydrogens is 239 g/mol. The Bertz CT molecular complexity index is 316. The van der Waals surface area contributed by atoms with Crippen molar-refractivity contribution in [2.24, 2.45) is 0 Å². The van der Waals surface area contributed by atoms with Crippen LogP contribution >= 0.6 is 0 Å². The van der Waals surface area contributed by atoms with E-state index < -0.39 is 29.2 Å². The topological polar surface area (TPSA) is 55.4 Å². The van der Waals surface area contributed by atoms with Gasteiger partial charge in [0.2, 0.25) is 0 Å². The number of esters is 1. The van der Waals surface area contributed by atoms with E-state index in [2.05, 4.69) is 0 Å². The molecule has 0 heterocycles. The quantitative estimate of drug-likeness (QED) is 0.765. The number of rotatable bonds is 2.